The Morgan fingerprint density at radius 3 is 2.22 bits per heavy atom. The third kappa shape index (κ3) is 9.34. The molecule has 2 aromatic rings. The Kier molecular flexibility index (Phi) is 10.2. The van der Waals surface area contributed by atoms with Gasteiger partial charge in [0.25, 0.3) is 0 Å². The number of hydrogen-bond donors (Lipinski definition) is 2. The van der Waals surface area contributed by atoms with E-state index in [-0.39, 0.29) is 25.5 Å². The molecular weight excluding hydrogens is 477 g/mol. The number of hydrogen-bond acceptors (Lipinski definition) is 6. The van der Waals surface area contributed by atoms with Gasteiger partial charge in [-0.25, -0.2) is 13.1 Å². The Bertz CT molecular complexity index is 989. The second kappa shape index (κ2) is 12.4. The first-order chi connectivity index (χ1) is 15.1. The molecule has 2 N–H and O–H groups in total. The van der Waals surface area contributed by atoms with Crippen LogP contribution in [0.4, 0.5) is 0 Å². The van der Waals surface area contributed by atoms with Gasteiger partial charge in [0, 0.05) is 0 Å². The average molecular weight is 504 g/mol. The Hall–Kier alpha value is -1.84. The number of aliphatic hydroxyl groups excluding tert-OH is 1. The molecule has 2 rings (SSSR count). The number of Topliss-reactive ketones (excluding diaryl/α,β-unsaturated/α-hetero) is 1. The summed E-state index contributed by atoms with van der Waals surface area (Å²) in [6.45, 7) is 1.47. The fourth-order valence-electron chi connectivity index (χ4n) is 2.66. The van der Waals surface area contributed by atoms with Crippen LogP contribution in [0.5, 0.6) is 11.5 Å². The van der Waals surface area contributed by atoms with Gasteiger partial charge in [0.05, 0.1) is 28.9 Å². The zero-order chi connectivity index (χ0) is 23.7. The maximum Gasteiger partial charge on any atom is 0.209 e. The smallest absolute Gasteiger partial charge is 0.209 e. The van der Waals surface area contributed by atoms with Crippen LogP contribution in [0.15, 0.2) is 36.4 Å². The van der Waals surface area contributed by atoms with Gasteiger partial charge in [0.2, 0.25) is 10.0 Å². The molecule has 0 aliphatic carbocycles. The summed E-state index contributed by atoms with van der Waals surface area (Å²) in [6, 6.07) is 10.9. The molecule has 0 fully saturated rings. The molecule has 0 saturated carbocycles. The van der Waals surface area contributed by atoms with Crippen molar-refractivity contribution in [1.82, 2.24) is 4.72 Å². The van der Waals surface area contributed by atoms with Crippen molar-refractivity contribution >= 4 is 39.0 Å². The standard InChI is InChI=1S/C22H27Cl2NO6S/c1-3-17(26)13-31-22-20(23)10-16(11-21(22)24)5-4-15-6-8-19(9-7-15)30-14-18(27)12-25-32(2,28)29/h6-11,17,25-26H,3-5,12-14H2,1-2H3. The van der Waals surface area contributed by atoms with E-state index in [1.807, 2.05) is 19.1 Å². The Morgan fingerprint density at radius 2 is 1.66 bits per heavy atom. The van der Waals surface area contributed by atoms with E-state index in [4.69, 9.17) is 32.7 Å². The van der Waals surface area contributed by atoms with Crippen molar-refractivity contribution in [2.45, 2.75) is 32.3 Å². The molecule has 2 aromatic carbocycles. The van der Waals surface area contributed by atoms with Crippen LogP contribution in [-0.4, -0.2) is 51.4 Å². The quantitative estimate of drug-likeness (QED) is 0.434. The van der Waals surface area contributed by atoms with Gasteiger partial charge in [-0.2, -0.15) is 0 Å². The van der Waals surface area contributed by atoms with Crippen molar-refractivity contribution in [2.24, 2.45) is 0 Å². The van der Waals surface area contributed by atoms with Crippen molar-refractivity contribution in [3.05, 3.63) is 57.6 Å². The minimum absolute atomic E-state index is 0.128. The van der Waals surface area contributed by atoms with E-state index in [9.17, 15) is 18.3 Å². The number of halogens is 2. The highest BCUT2D eigenvalue weighted by molar-refractivity contribution is 7.88. The predicted molar refractivity (Wildman–Crippen MR) is 125 cm³/mol. The molecule has 1 unspecified atom stereocenters. The number of sulfonamides is 1. The van der Waals surface area contributed by atoms with Crippen LogP contribution >= 0.6 is 23.2 Å². The van der Waals surface area contributed by atoms with Crippen LogP contribution in [0.25, 0.3) is 0 Å². The molecule has 0 aliphatic heterocycles. The Balaban J connectivity index is 1.86. The zero-order valence-corrected chi connectivity index (χ0v) is 20.3. The molecule has 0 aromatic heterocycles. The summed E-state index contributed by atoms with van der Waals surface area (Å²) in [4.78, 5) is 11.7. The van der Waals surface area contributed by atoms with Crippen LogP contribution in [0.3, 0.4) is 0 Å². The Morgan fingerprint density at radius 1 is 1.06 bits per heavy atom. The van der Waals surface area contributed by atoms with Crippen LogP contribution in [-0.2, 0) is 27.7 Å². The van der Waals surface area contributed by atoms with Gasteiger partial charge in [-0.3, -0.25) is 4.79 Å². The molecule has 0 spiro atoms. The molecular formula is C22H27Cl2NO6S. The lowest BCUT2D eigenvalue weighted by molar-refractivity contribution is -0.119. The number of ether oxygens (including phenoxy) is 2. The summed E-state index contributed by atoms with van der Waals surface area (Å²) in [7, 11) is -3.41. The number of benzene rings is 2. The largest absolute Gasteiger partial charge is 0.488 e. The Labute approximate surface area is 198 Å². The van der Waals surface area contributed by atoms with Crippen molar-refractivity contribution < 1.29 is 27.8 Å². The highest BCUT2D eigenvalue weighted by Crippen LogP contribution is 2.34. The highest BCUT2D eigenvalue weighted by atomic mass is 35.5. The molecule has 32 heavy (non-hydrogen) atoms. The van der Waals surface area contributed by atoms with E-state index >= 15 is 0 Å². The second-order valence-corrected chi connectivity index (χ2v) is 9.97. The van der Waals surface area contributed by atoms with Gasteiger partial charge in [0.15, 0.2) is 11.5 Å². The molecule has 0 saturated heterocycles. The predicted octanol–water partition coefficient (Wildman–Crippen LogP) is 3.43. The van der Waals surface area contributed by atoms with E-state index in [0.717, 1.165) is 23.8 Å². The van der Waals surface area contributed by atoms with E-state index in [1.54, 1.807) is 24.3 Å². The normalized spacial score (nSPS) is 12.4. The number of nitrogens with one attached hydrogen (secondary N) is 1. The number of aryl methyl sites for hydroxylation is 2. The number of aliphatic hydroxyl groups is 1. The lowest BCUT2D eigenvalue weighted by Gasteiger charge is -2.14. The van der Waals surface area contributed by atoms with E-state index in [1.165, 1.54) is 0 Å². The van der Waals surface area contributed by atoms with Gasteiger partial charge in [-0.1, -0.05) is 42.3 Å². The monoisotopic (exact) mass is 503 g/mol. The first-order valence-corrected chi connectivity index (χ1v) is 12.7. The van der Waals surface area contributed by atoms with Gasteiger partial charge in [-0.05, 0) is 54.7 Å². The van der Waals surface area contributed by atoms with Crippen molar-refractivity contribution in [2.75, 3.05) is 26.0 Å². The van der Waals surface area contributed by atoms with E-state index < -0.39 is 16.1 Å². The SMILES string of the molecule is CCC(O)COc1c(Cl)cc(CCc2ccc(OCC(=O)CNS(C)(=O)=O)cc2)cc1Cl. The van der Waals surface area contributed by atoms with Crippen LogP contribution < -0.4 is 14.2 Å². The zero-order valence-electron chi connectivity index (χ0n) is 17.9. The van der Waals surface area contributed by atoms with Crippen molar-refractivity contribution in [3.63, 3.8) is 0 Å². The van der Waals surface area contributed by atoms with Crippen molar-refractivity contribution in [3.8, 4) is 11.5 Å². The summed E-state index contributed by atoms with van der Waals surface area (Å²) in [6.07, 6.45) is 2.43. The van der Waals surface area contributed by atoms with Gasteiger partial charge >= 0.3 is 0 Å². The van der Waals surface area contributed by atoms with E-state index in [0.29, 0.717) is 34.4 Å². The lowest BCUT2D eigenvalue weighted by Crippen LogP contribution is -2.31. The maximum atomic E-state index is 11.7. The van der Waals surface area contributed by atoms with Crippen LogP contribution in [0.2, 0.25) is 10.0 Å². The van der Waals surface area contributed by atoms with Gasteiger partial charge in [-0.15, -0.1) is 0 Å². The number of ketones is 1. The van der Waals surface area contributed by atoms with Crippen LogP contribution in [0.1, 0.15) is 24.5 Å². The molecule has 0 heterocycles. The van der Waals surface area contributed by atoms with Gasteiger partial charge in [0.1, 0.15) is 19.0 Å². The summed E-state index contributed by atoms with van der Waals surface area (Å²) in [5.74, 6) is 0.514. The number of carbonyl (C=O) groups is 1. The fourth-order valence-corrected chi connectivity index (χ4v) is 3.72. The molecule has 7 nitrogen and oxygen atoms in total. The average Bonchev–Trinajstić information content (AvgIpc) is 2.74. The molecule has 0 aliphatic rings. The third-order valence-corrected chi connectivity index (χ3v) is 5.74. The molecule has 0 bridgehead atoms. The number of rotatable bonds is 13. The number of carbonyl (C=O) groups excluding carboxylic acids is 1. The first kappa shape index (κ1) is 26.4. The minimum Gasteiger partial charge on any atom is -0.488 e. The van der Waals surface area contributed by atoms with Crippen LogP contribution in [0, 0.1) is 0 Å². The molecule has 10 heteroatoms. The topological polar surface area (TPSA) is 102 Å². The molecule has 1 atom stereocenters. The second-order valence-electron chi connectivity index (χ2n) is 7.33. The minimum atomic E-state index is -3.41. The summed E-state index contributed by atoms with van der Waals surface area (Å²) >= 11 is 12.6. The summed E-state index contributed by atoms with van der Waals surface area (Å²) < 4.78 is 35.1. The van der Waals surface area contributed by atoms with Gasteiger partial charge < -0.3 is 14.6 Å². The molecule has 0 radical (unpaired) electrons. The molecule has 176 valence electrons. The first-order valence-electron chi connectivity index (χ1n) is 10.0. The third-order valence-electron chi connectivity index (χ3n) is 4.51. The summed E-state index contributed by atoms with van der Waals surface area (Å²) in [5, 5.41) is 10.4. The lowest BCUT2D eigenvalue weighted by atomic mass is 10.0. The van der Waals surface area contributed by atoms with E-state index in [2.05, 4.69) is 4.72 Å². The fraction of sp³-hybridized carbons (Fsp3) is 0.409. The molecule has 0 amide bonds. The maximum absolute atomic E-state index is 11.7. The van der Waals surface area contributed by atoms with Crippen molar-refractivity contribution in [1.29, 1.82) is 0 Å². The highest BCUT2D eigenvalue weighted by Gasteiger charge is 2.12. The summed E-state index contributed by atoms with van der Waals surface area (Å²) in [5.41, 5.74) is 2.01.